The topological polar surface area (TPSA) is 79.6 Å². The van der Waals surface area contributed by atoms with Crippen LogP contribution in [0.5, 0.6) is 0 Å². The van der Waals surface area contributed by atoms with E-state index in [9.17, 15) is 14.1 Å². The number of carbonyl (C=O) groups excluding carboxylic acids is 1. The molecule has 1 aromatic heterocycles. The number of thiazole rings is 1. The van der Waals surface area contributed by atoms with Gasteiger partial charge in [0.2, 0.25) is 0 Å². The Morgan fingerprint density at radius 1 is 1.21 bits per heavy atom. The number of hydrogen-bond donors (Lipinski definition) is 1. The van der Waals surface area contributed by atoms with Crippen LogP contribution in [0.15, 0.2) is 21.0 Å². The lowest BCUT2D eigenvalue weighted by Gasteiger charge is -2.15. The quantitative estimate of drug-likeness (QED) is 0.756. The number of nitrogens with zero attached hydrogens (tertiary/aromatic N) is 2. The Labute approximate surface area is 176 Å². The Kier molecular flexibility index (Phi) is 5.42. The smallest absolute Gasteiger partial charge is 0.190 e. The Morgan fingerprint density at radius 2 is 1.83 bits per heavy atom. The fraction of sp³-hybridized carbons (Fsp3) is 0.545. The first kappa shape index (κ1) is 20.7. The van der Waals surface area contributed by atoms with Crippen LogP contribution in [-0.2, 0) is 52.2 Å². The predicted octanol–water partition coefficient (Wildman–Crippen LogP) is 3.62. The van der Waals surface area contributed by atoms with Crippen molar-refractivity contribution in [2.45, 2.75) is 68.7 Å². The van der Waals surface area contributed by atoms with Crippen molar-refractivity contribution >= 4 is 26.8 Å². The van der Waals surface area contributed by atoms with Crippen LogP contribution in [0.3, 0.4) is 0 Å². The van der Waals surface area contributed by atoms with Crippen molar-refractivity contribution in [3.8, 4) is 0 Å². The van der Waals surface area contributed by atoms with E-state index in [0.29, 0.717) is 15.6 Å². The molecule has 2 aliphatic carbocycles. The molecule has 4 rings (SSSR count). The van der Waals surface area contributed by atoms with Crippen LogP contribution in [0.1, 0.15) is 59.4 Å². The van der Waals surface area contributed by atoms with Crippen LogP contribution in [0.2, 0.25) is 0 Å². The summed E-state index contributed by atoms with van der Waals surface area (Å²) in [4.78, 5) is 17.9. The van der Waals surface area contributed by atoms with Crippen LogP contribution in [0.4, 0.5) is 0 Å². The van der Waals surface area contributed by atoms with Crippen molar-refractivity contribution < 1.29 is 14.1 Å². The van der Waals surface area contributed by atoms with E-state index in [2.05, 4.69) is 15.4 Å². The molecule has 5 nitrogen and oxygen atoms in total. The molecule has 0 aliphatic heterocycles. The summed E-state index contributed by atoms with van der Waals surface area (Å²) in [6.45, 7) is 3.33. The van der Waals surface area contributed by atoms with Crippen molar-refractivity contribution in [1.29, 1.82) is 0 Å². The Hall–Kier alpha value is -1.57. The lowest BCUT2D eigenvalue weighted by Crippen LogP contribution is -2.19. The third kappa shape index (κ3) is 3.92. The van der Waals surface area contributed by atoms with Gasteiger partial charge in [0.15, 0.2) is 10.1 Å². The van der Waals surface area contributed by atoms with E-state index in [1.807, 2.05) is 0 Å². The van der Waals surface area contributed by atoms with Crippen molar-refractivity contribution in [1.82, 2.24) is 4.98 Å². The van der Waals surface area contributed by atoms with E-state index in [4.69, 9.17) is 0 Å². The molecule has 1 heterocycles. The number of Topliss-reactive ketones (excluding diaryl/α,β-unsaturated/α-hetero) is 1. The second-order valence-corrected chi connectivity index (χ2v) is 12.2. The van der Waals surface area contributed by atoms with Crippen molar-refractivity contribution in [3.05, 3.63) is 45.0 Å². The molecule has 7 heteroatoms. The molecule has 0 bridgehead atoms. The highest BCUT2D eigenvalue weighted by atomic mass is 32.2. The summed E-state index contributed by atoms with van der Waals surface area (Å²) >= 11 is 1.18. The number of carbonyl (C=O) groups is 1. The van der Waals surface area contributed by atoms with Gasteiger partial charge in [-0.15, -0.1) is 11.3 Å². The molecular formula is C22H28N2O3S2. The monoisotopic (exact) mass is 432 g/mol. The summed E-state index contributed by atoms with van der Waals surface area (Å²) in [6, 6.07) is 2.36. The van der Waals surface area contributed by atoms with E-state index >= 15 is 0 Å². The van der Waals surface area contributed by atoms with Crippen molar-refractivity contribution in [2.75, 3.05) is 12.8 Å². The maximum Gasteiger partial charge on any atom is 0.190 e. The maximum absolute atomic E-state index is 13.4. The second-order valence-electron chi connectivity index (χ2n) is 8.57. The Bertz CT molecular complexity index is 1050. The zero-order chi connectivity index (χ0) is 20.8. The lowest BCUT2D eigenvalue weighted by molar-refractivity contribution is -0.116. The van der Waals surface area contributed by atoms with E-state index in [1.165, 1.54) is 52.4 Å². The normalized spacial score (nSPS) is 17.7. The van der Waals surface area contributed by atoms with Crippen LogP contribution in [0, 0.1) is 0 Å². The van der Waals surface area contributed by atoms with Gasteiger partial charge in [0.25, 0.3) is 0 Å². The molecule has 1 N–H and O–H groups in total. The largest absolute Gasteiger partial charge is 0.385 e. The first-order valence-electron chi connectivity index (χ1n) is 10.2. The third-order valence-corrected chi connectivity index (χ3v) is 10.1. The lowest BCUT2D eigenvalue weighted by atomic mass is 9.91. The van der Waals surface area contributed by atoms with Crippen LogP contribution in [0.25, 0.3) is 0 Å². The molecule has 156 valence electrons. The standard InChI is InChI=1S/C22H28N2O3S2/c1-22(2,26)20-12-24-21(28-20)29(27,23-3)13-16(25)11-19-17-8-4-6-14(17)10-15-7-5-9-18(15)19/h10,12,26H,4-9,11,13H2,1-3H3. The van der Waals surface area contributed by atoms with E-state index in [0.717, 1.165) is 38.5 Å². The van der Waals surface area contributed by atoms with Crippen LogP contribution < -0.4 is 0 Å². The number of hydrogen-bond acceptors (Lipinski definition) is 6. The molecule has 0 radical (unpaired) electrons. The van der Waals surface area contributed by atoms with Crippen molar-refractivity contribution in [3.63, 3.8) is 0 Å². The molecule has 0 fully saturated rings. The zero-order valence-electron chi connectivity index (χ0n) is 17.3. The van der Waals surface area contributed by atoms with Crippen LogP contribution >= 0.6 is 11.3 Å². The highest BCUT2D eigenvalue weighted by Gasteiger charge is 2.28. The summed E-state index contributed by atoms with van der Waals surface area (Å²) < 4.78 is 17.9. The summed E-state index contributed by atoms with van der Waals surface area (Å²) in [5, 5.41) is 10.2. The van der Waals surface area contributed by atoms with Crippen molar-refractivity contribution in [2.24, 2.45) is 4.36 Å². The first-order valence-corrected chi connectivity index (χ1v) is 12.7. The molecule has 0 saturated carbocycles. The molecule has 2 aromatic rings. The van der Waals surface area contributed by atoms with Gasteiger partial charge in [-0.25, -0.2) is 13.6 Å². The average Bonchev–Trinajstić information content (AvgIpc) is 3.40. The highest BCUT2D eigenvalue weighted by Crippen LogP contribution is 2.36. The van der Waals surface area contributed by atoms with Gasteiger partial charge in [0.05, 0.1) is 16.2 Å². The maximum atomic E-state index is 13.4. The average molecular weight is 433 g/mol. The third-order valence-electron chi connectivity index (χ3n) is 5.98. The summed E-state index contributed by atoms with van der Waals surface area (Å²) in [6.07, 6.45) is 8.46. The van der Waals surface area contributed by atoms with E-state index in [1.54, 1.807) is 13.8 Å². The zero-order valence-corrected chi connectivity index (χ0v) is 18.9. The number of rotatable bonds is 6. The Balaban J connectivity index is 1.60. The number of aromatic nitrogens is 1. The van der Waals surface area contributed by atoms with Crippen LogP contribution in [-0.4, -0.2) is 32.9 Å². The minimum Gasteiger partial charge on any atom is -0.385 e. The van der Waals surface area contributed by atoms with Gasteiger partial charge in [-0.1, -0.05) is 6.07 Å². The molecule has 1 unspecified atom stereocenters. The van der Waals surface area contributed by atoms with Gasteiger partial charge in [-0.05, 0) is 80.2 Å². The van der Waals surface area contributed by atoms with Gasteiger partial charge >= 0.3 is 0 Å². The SMILES string of the molecule is CN=S(=O)(CC(=O)Cc1c2c(cc3c1CCC3)CCC2)c1ncc(C(C)(C)O)s1. The molecule has 0 saturated heterocycles. The first-order chi connectivity index (χ1) is 13.7. The minimum atomic E-state index is -2.92. The summed E-state index contributed by atoms with van der Waals surface area (Å²) in [5.41, 5.74) is 5.67. The predicted molar refractivity (Wildman–Crippen MR) is 116 cm³/mol. The number of ketones is 1. The fourth-order valence-corrected chi connectivity index (χ4v) is 7.51. The number of aliphatic hydroxyl groups is 1. The second kappa shape index (κ2) is 7.60. The molecule has 1 atom stereocenters. The van der Waals surface area contributed by atoms with Gasteiger partial charge in [-0.3, -0.25) is 4.79 Å². The van der Waals surface area contributed by atoms with E-state index < -0.39 is 15.3 Å². The molecular weight excluding hydrogens is 404 g/mol. The fourth-order valence-electron chi connectivity index (χ4n) is 4.51. The van der Waals surface area contributed by atoms with Gasteiger partial charge in [-0.2, -0.15) is 0 Å². The summed E-state index contributed by atoms with van der Waals surface area (Å²) in [7, 11) is -1.44. The Morgan fingerprint density at radius 3 is 2.34 bits per heavy atom. The highest BCUT2D eigenvalue weighted by molar-refractivity contribution is 7.96. The number of aryl methyl sites for hydroxylation is 2. The van der Waals surface area contributed by atoms with Gasteiger partial charge < -0.3 is 5.11 Å². The molecule has 1 aromatic carbocycles. The number of fused-ring (bicyclic) bond motifs is 2. The minimum absolute atomic E-state index is 0.0463. The molecule has 0 spiro atoms. The summed E-state index contributed by atoms with van der Waals surface area (Å²) in [5.74, 6) is -0.171. The number of benzene rings is 1. The molecule has 0 amide bonds. The molecule has 29 heavy (non-hydrogen) atoms. The van der Waals surface area contributed by atoms with Gasteiger partial charge in [0, 0.05) is 19.7 Å². The molecule has 2 aliphatic rings. The van der Waals surface area contributed by atoms with E-state index in [-0.39, 0.29) is 11.5 Å². The van der Waals surface area contributed by atoms with Gasteiger partial charge in [0.1, 0.15) is 9.73 Å².